The van der Waals surface area contributed by atoms with Crippen molar-refractivity contribution in [2.75, 3.05) is 32.0 Å². The van der Waals surface area contributed by atoms with Crippen molar-refractivity contribution in [3.8, 4) is 0 Å². The molecule has 24 heavy (non-hydrogen) atoms. The highest BCUT2D eigenvalue weighted by Gasteiger charge is 2.22. The van der Waals surface area contributed by atoms with Crippen LogP contribution in [-0.2, 0) is 0 Å². The van der Waals surface area contributed by atoms with Crippen LogP contribution in [0.2, 0.25) is 0 Å². The number of hydrogen-bond donors (Lipinski definition) is 2. The first kappa shape index (κ1) is 20.0. The lowest BCUT2D eigenvalue weighted by Gasteiger charge is -2.21. The fourth-order valence-electron chi connectivity index (χ4n) is 2.80. The number of benzene rings is 1. The molecular weight excluding hydrogens is 300 g/mol. The number of hydrogen-bond acceptors (Lipinski definition) is 1. The number of carbonyl (C=O) groups is 1. The first-order chi connectivity index (χ1) is 11.4. The third-order valence-electron chi connectivity index (χ3n) is 4.04. The van der Waals surface area contributed by atoms with E-state index in [-0.39, 0.29) is 6.03 Å². The third-order valence-corrected chi connectivity index (χ3v) is 4.04. The van der Waals surface area contributed by atoms with Gasteiger partial charge in [-0.2, -0.15) is 5.32 Å². The molecule has 0 aliphatic carbocycles. The molecule has 1 aromatic carbocycles. The Morgan fingerprint density at radius 3 is 2.25 bits per heavy atom. The van der Waals surface area contributed by atoms with Gasteiger partial charge in [-0.3, -0.25) is 14.8 Å². The summed E-state index contributed by atoms with van der Waals surface area (Å²) in [6.07, 6.45) is 2.07. The number of guanidine groups is 1. The van der Waals surface area contributed by atoms with Crippen molar-refractivity contribution in [1.82, 2.24) is 10.2 Å². The molecule has 0 heterocycles. The Hall–Kier alpha value is -2.04. The summed E-state index contributed by atoms with van der Waals surface area (Å²) >= 11 is 0. The molecule has 1 aromatic rings. The molecule has 2 amide bonds. The lowest BCUT2D eigenvalue weighted by atomic mass is 10.1. The zero-order chi connectivity index (χ0) is 18.1. The smallest absolute Gasteiger partial charge is 0.294 e. The van der Waals surface area contributed by atoms with Crippen LogP contribution in [0.4, 0.5) is 10.5 Å². The van der Waals surface area contributed by atoms with Crippen LogP contribution in [0.15, 0.2) is 18.2 Å². The topological polar surface area (TPSA) is 47.4 Å². The highest BCUT2D eigenvalue weighted by atomic mass is 16.2. The standard InChI is InChI=1S/C19H32N4O/c1-7-13-22(6)19(23(9-3)14-8-2)21-18(24)20-17-15(4)11-10-12-16(17)5/h10-12H,7-9,13-14H2,1-6H3,(H,20,24)/p+1. The number of carbonyl (C=O) groups excluding carboxylic acids is 1. The number of rotatable bonds is 6. The van der Waals surface area contributed by atoms with Crippen LogP contribution in [0, 0.1) is 13.8 Å². The van der Waals surface area contributed by atoms with Gasteiger partial charge < -0.3 is 0 Å². The molecule has 0 saturated carbocycles. The SMILES string of the molecule is CCCN(CC)C(NC(=O)Nc1c(C)cccc1C)=[N+](C)CCC. The minimum Gasteiger partial charge on any atom is -0.294 e. The first-order valence-electron chi connectivity index (χ1n) is 8.91. The van der Waals surface area contributed by atoms with Gasteiger partial charge in [0, 0.05) is 5.69 Å². The summed E-state index contributed by atoms with van der Waals surface area (Å²) < 4.78 is 2.11. The van der Waals surface area contributed by atoms with Crippen LogP contribution in [0.1, 0.15) is 44.7 Å². The molecule has 1 rings (SSSR count). The summed E-state index contributed by atoms with van der Waals surface area (Å²) in [5, 5.41) is 6.06. The van der Waals surface area contributed by atoms with E-state index in [1.54, 1.807) is 0 Å². The van der Waals surface area contributed by atoms with Crippen LogP contribution in [0.5, 0.6) is 0 Å². The second-order valence-electron chi connectivity index (χ2n) is 6.17. The van der Waals surface area contributed by atoms with Gasteiger partial charge in [-0.1, -0.05) is 32.0 Å². The second kappa shape index (κ2) is 9.96. The number of para-hydroxylation sites is 1. The van der Waals surface area contributed by atoms with E-state index in [0.717, 1.165) is 55.2 Å². The van der Waals surface area contributed by atoms with Crippen molar-refractivity contribution in [2.45, 2.75) is 47.5 Å². The molecule has 5 nitrogen and oxygen atoms in total. The van der Waals surface area contributed by atoms with Crippen LogP contribution in [0.3, 0.4) is 0 Å². The number of aryl methyl sites for hydroxylation is 2. The number of amides is 2. The van der Waals surface area contributed by atoms with E-state index >= 15 is 0 Å². The molecule has 0 saturated heterocycles. The Bertz CT molecular complexity index is 560. The van der Waals surface area contributed by atoms with Crippen LogP contribution in [0.25, 0.3) is 0 Å². The second-order valence-corrected chi connectivity index (χ2v) is 6.17. The lowest BCUT2D eigenvalue weighted by Crippen LogP contribution is -2.50. The van der Waals surface area contributed by atoms with E-state index in [1.807, 2.05) is 39.1 Å². The number of urea groups is 1. The van der Waals surface area contributed by atoms with E-state index < -0.39 is 0 Å². The van der Waals surface area contributed by atoms with E-state index in [1.165, 1.54) is 0 Å². The monoisotopic (exact) mass is 333 g/mol. The largest absolute Gasteiger partial charge is 0.384 e. The summed E-state index contributed by atoms with van der Waals surface area (Å²) in [5.74, 6) is 0.866. The zero-order valence-corrected chi connectivity index (χ0v) is 16.1. The Kier molecular flexibility index (Phi) is 8.30. The van der Waals surface area contributed by atoms with Gasteiger partial charge in [0.2, 0.25) is 0 Å². The lowest BCUT2D eigenvalue weighted by molar-refractivity contribution is -0.504. The molecule has 0 unspecified atom stereocenters. The summed E-state index contributed by atoms with van der Waals surface area (Å²) in [5.41, 5.74) is 3.01. The number of nitrogens with one attached hydrogen (secondary N) is 2. The van der Waals surface area contributed by atoms with Crippen LogP contribution >= 0.6 is 0 Å². The predicted octanol–water partition coefficient (Wildman–Crippen LogP) is 3.57. The average molecular weight is 334 g/mol. The molecular formula is C19H33N4O+. The molecule has 0 aliphatic rings. The van der Waals surface area contributed by atoms with Gasteiger partial charge >= 0.3 is 12.0 Å². The number of nitrogens with zero attached hydrogens (tertiary/aromatic N) is 2. The van der Waals surface area contributed by atoms with Crippen LogP contribution in [-0.4, -0.2) is 48.1 Å². The maximum absolute atomic E-state index is 12.6. The molecule has 0 bridgehead atoms. The van der Waals surface area contributed by atoms with Gasteiger partial charge in [-0.05, 0) is 44.7 Å². The molecule has 134 valence electrons. The molecule has 5 heteroatoms. The van der Waals surface area contributed by atoms with E-state index in [9.17, 15) is 4.79 Å². The molecule has 0 atom stereocenters. The van der Waals surface area contributed by atoms with Gasteiger partial charge in [-0.15, -0.1) is 0 Å². The van der Waals surface area contributed by atoms with Crippen molar-refractivity contribution < 1.29 is 9.37 Å². The highest BCUT2D eigenvalue weighted by Crippen LogP contribution is 2.19. The van der Waals surface area contributed by atoms with E-state index in [4.69, 9.17) is 0 Å². The zero-order valence-electron chi connectivity index (χ0n) is 16.1. The third kappa shape index (κ3) is 5.55. The summed E-state index contributed by atoms with van der Waals surface area (Å²) in [6.45, 7) is 13.1. The van der Waals surface area contributed by atoms with Crippen LogP contribution < -0.4 is 10.6 Å². The average Bonchev–Trinajstić information content (AvgIpc) is 2.54. The Balaban J connectivity index is 2.97. The van der Waals surface area contributed by atoms with Crippen molar-refractivity contribution in [3.05, 3.63) is 29.3 Å². The highest BCUT2D eigenvalue weighted by molar-refractivity contribution is 6.01. The quantitative estimate of drug-likeness (QED) is 0.475. The minimum absolute atomic E-state index is 0.195. The van der Waals surface area contributed by atoms with E-state index in [0.29, 0.717) is 0 Å². The van der Waals surface area contributed by atoms with Crippen molar-refractivity contribution >= 4 is 17.7 Å². The van der Waals surface area contributed by atoms with Gasteiger partial charge in [0.1, 0.15) is 0 Å². The first-order valence-corrected chi connectivity index (χ1v) is 8.91. The Morgan fingerprint density at radius 1 is 1.12 bits per heavy atom. The molecule has 0 spiro atoms. The van der Waals surface area contributed by atoms with Crippen molar-refractivity contribution in [3.63, 3.8) is 0 Å². The molecule has 0 radical (unpaired) electrons. The summed E-state index contributed by atoms with van der Waals surface area (Å²) in [4.78, 5) is 14.8. The Labute approximate surface area is 146 Å². The molecule has 0 aliphatic heterocycles. The van der Waals surface area contributed by atoms with E-state index in [2.05, 4.69) is 40.9 Å². The maximum Gasteiger partial charge on any atom is 0.384 e. The summed E-state index contributed by atoms with van der Waals surface area (Å²) in [6, 6.07) is 5.82. The fraction of sp³-hybridized carbons (Fsp3) is 0.579. The van der Waals surface area contributed by atoms with Gasteiger partial charge in [0.15, 0.2) is 0 Å². The van der Waals surface area contributed by atoms with Crippen molar-refractivity contribution in [1.29, 1.82) is 0 Å². The molecule has 0 aromatic heterocycles. The molecule has 0 fully saturated rings. The minimum atomic E-state index is -0.195. The maximum atomic E-state index is 12.6. The van der Waals surface area contributed by atoms with Gasteiger partial charge in [-0.25, -0.2) is 4.79 Å². The normalized spacial score (nSPS) is 11.8. The molecule has 2 N–H and O–H groups in total. The Morgan fingerprint density at radius 2 is 1.75 bits per heavy atom. The van der Waals surface area contributed by atoms with Gasteiger partial charge in [0.05, 0.1) is 26.7 Å². The van der Waals surface area contributed by atoms with Crippen molar-refractivity contribution in [2.24, 2.45) is 0 Å². The number of anilines is 1. The summed E-state index contributed by atoms with van der Waals surface area (Å²) in [7, 11) is 2.02. The van der Waals surface area contributed by atoms with Gasteiger partial charge in [0.25, 0.3) is 0 Å². The fourth-order valence-corrected chi connectivity index (χ4v) is 2.80. The predicted molar refractivity (Wildman–Crippen MR) is 102 cm³/mol.